The van der Waals surface area contributed by atoms with Crippen LogP contribution in [0.1, 0.15) is 6.92 Å². The van der Waals surface area contributed by atoms with Crippen molar-refractivity contribution in [3.8, 4) is 5.75 Å². The lowest BCUT2D eigenvalue weighted by atomic mass is 10.0. The lowest BCUT2D eigenvalue weighted by Crippen LogP contribution is -2.62. The zero-order chi connectivity index (χ0) is 18.2. The number of rotatable bonds is 3. The van der Waals surface area contributed by atoms with Crippen molar-refractivity contribution in [2.45, 2.75) is 19.0 Å². The average molecular weight is 387 g/mol. The van der Waals surface area contributed by atoms with E-state index in [1.165, 1.54) is 11.8 Å². The molecule has 0 saturated carbocycles. The van der Waals surface area contributed by atoms with Gasteiger partial charge in [0, 0.05) is 25.0 Å². The highest BCUT2D eigenvalue weighted by Crippen LogP contribution is 2.27. The number of hydrogen-bond acceptors (Lipinski definition) is 5. The van der Waals surface area contributed by atoms with Crippen molar-refractivity contribution in [3.05, 3.63) is 29.3 Å². The molecule has 0 aliphatic carbocycles. The Hall–Kier alpha value is -1.80. The number of nitrogens with zero attached hydrogens (tertiary/aromatic N) is 2. The van der Waals surface area contributed by atoms with Crippen molar-refractivity contribution >= 4 is 33.3 Å². The van der Waals surface area contributed by atoms with Gasteiger partial charge < -0.3 is 14.5 Å². The van der Waals surface area contributed by atoms with Crippen LogP contribution in [0.2, 0.25) is 5.02 Å². The standard InChI is InChI=1S/C16H19ClN2O5S/c1-11(20)18-5-6-19(15-10-25(22,23)9-14(15)18)16(21)8-24-13-4-2-3-12(17)7-13/h2-4,7,14-15H,5-6,8-10H2,1H3/t14-,15+/m1/s1. The van der Waals surface area contributed by atoms with Gasteiger partial charge in [-0.2, -0.15) is 0 Å². The molecule has 2 saturated heterocycles. The maximum absolute atomic E-state index is 12.6. The third-order valence-corrected chi connectivity index (χ3v) is 6.49. The van der Waals surface area contributed by atoms with Crippen LogP contribution in [0.25, 0.3) is 0 Å². The van der Waals surface area contributed by atoms with Crippen molar-refractivity contribution in [1.29, 1.82) is 0 Å². The first-order valence-corrected chi connectivity index (χ1v) is 10.1. The lowest BCUT2D eigenvalue weighted by Gasteiger charge is -2.43. The van der Waals surface area contributed by atoms with E-state index in [9.17, 15) is 18.0 Å². The monoisotopic (exact) mass is 386 g/mol. The van der Waals surface area contributed by atoms with Crippen LogP contribution in [0, 0.1) is 0 Å². The number of ether oxygens (including phenoxy) is 1. The first-order valence-electron chi connectivity index (χ1n) is 7.92. The second-order valence-electron chi connectivity index (χ2n) is 6.26. The Labute approximate surface area is 151 Å². The van der Waals surface area contributed by atoms with E-state index in [2.05, 4.69) is 0 Å². The van der Waals surface area contributed by atoms with Crippen molar-refractivity contribution in [3.63, 3.8) is 0 Å². The number of sulfone groups is 1. The van der Waals surface area contributed by atoms with Crippen LogP contribution in [-0.4, -0.2) is 73.3 Å². The molecule has 1 aromatic rings. The van der Waals surface area contributed by atoms with Gasteiger partial charge in [-0.05, 0) is 18.2 Å². The van der Waals surface area contributed by atoms with E-state index in [1.54, 1.807) is 29.2 Å². The van der Waals surface area contributed by atoms with E-state index in [-0.39, 0.29) is 29.9 Å². The molecule has 0 spiro atoms. The number of amides is 2. The molecule has 25 heavy (non-hydrogen) atoms. The van der Waals surface area contributed by atoms with Gasteiger partial charge >= 0.3 is 0 Å². The Bertz CT molecular complexity index is 797. The van der Waals surface area contributed by atoms with Crippen LogP contribution in [0.3, 0.4) is 0 Å². The predicted octanol–water partition coefficient (Wildman–Crippen LogP) is 0.575. The molecule has 2 atom stereocenters. The minimum atomic E-state index is -3.28. The summed E-state index contributed by atoms with van der Waals surface area (Å²) in [4.78, 5) is 27.4. The molecule has 136 valence electrons. The van der Waals surface area contributed by atoms with Gasteiger partial charge in [0.2, 0.25) is 5.91 Å². The highest BCUT2D eigenvalue weighted by molar-refractivity contribution is 7.91. The normalized spacial score (nSPS) is 24.7. The third kappa shape index (κ3) is 3.90. The van der Waals surface area contributed by atoms with Crippen molar-refractivity contribution in [2.24, 2.45) is 0 Å². The summed E-state index contributed by atoms with van der Waals surface area (Å²) in [5.41, 5.74) is 0. The molecular weight excluding hydrogens is 368 g/mol. The summed E-state index contributed by atoms with van der Waals surface area (Å²) in [6, 6.07) is 5.71. The molecule has 3 rings (SSSR count). The lowest BCUT2D eigenvalue weighted by molar-refractivity contribution is -0.145. The predicted molar refractivity (Wildman–Crippen MR) is 92.3 cm³/mol. The first-order chi connectivity index (χ1) is 11.8. The number of fused-ring (bicyclic) bond motifs is 1. The van der Waals surface area contributed by atoms with Gasteiger partial charge in [0.15, 0.2) is 16.4 Å². The quantitative estimate of drug-likeness (QED) is 0.758. The fourth-order valence-corrected chi connectivity index (χ4v) is 5.60. The second kappa shape index (κ2) is 6.84. The molecular formula is C16H19ClN2O5S. The molecule has 0 N–H and O–H groups in total. The summed E-state index contributed by atoms with van der Waals surface area (Å²) in [6.45, 7) is 1.84. The number of carbonyl (C=O) groups is 2. The van der Waals surface area contributed by atoms with Gasteiger partial charge in [-0.3, -0.25) is 9.59 Å². The average Bonchev–Trinajstić information content (AvgIpc) is 2.86. The minimum absolute atomic E-state index is 0.101. The van der Waals surface area contributed by atoms with Gasteiger partial charge in [-0.15, -0.1) is 0 Å². The second-order valence-corrected chi connectivity index (χ2v) is 8.85. The van der Waals surface area contributed by atoms with E-state index < -0.39 is 21.9 Å². The number of carbonyl (C=O) groups excluding carboxylic acids is 2. The van der Waals surface area contributed by atoms with Crippen molar-refractivity contribution < 1.29 is 22.7 Å². The van der Waals surface area contributed by atoms with Gasteiger partial charge in [0.25, 0.3) is 5.91 Å². The molecule has 0 unspecified atom stereocenters. The molecule has 2 amide bonds. The molecule has 2 fully saturated rings. The fraction of sp³-hybridized carbons (Fsp3) is 0.500. The van der Waals surface area contributed by atoms with E-state index in [0.717, 1.165) is 0 Å². The summed E-state index contributed by atoms with van der Waals surface area (Å²) in [5.74, 6) is -0.218. The highest BCUT2D eigenvalue weighted by Gasteiger charge is 2.48. The zero-order valence-electron chi connectivity index (χ0n) is 13.7. The van der Waals surface area contributed by atoms with Crippen LogP contribution < -0.4 is 4.74 Å². The van der Waals surface area contributed by atoms with Gasteiger partial charge in [-0.25, -0.2) is 8.42 Å². The smallest absolute Gasteiger partial charge is 0.260 e. The maximum Gasteiger partial charge on any atom is 0.260 e. The SMILES string of the molecule is CC(=O)N1CCN(C(=O)COc2cccc(Cl)c2)[C@H]2CS(=O)(=O)C[C@H]21. The number of hydrogen-bond donors (Lipinski definition) is 0. The topological polar surface area (TPSA) is 84.0 Å². The molecule has 2 aliphatic heterocycles. The first kappa shape index (κ1) is 18.0. The van der Waals surface area contributed by atoms with Gasteiger partial charge in [0.1, 0.15) is 5.75 Å². The molecule has 0 bridgehead atoms. The van der Waals surface area contributed by atoms with Crippen LogP contribution >= 0.6 is 11.6 Å². The number of halogens is 1. The molecule has 2 aliphatic rings. The van der Waals surface area contributed by atoms with Crippen molar-refractivity contribution in [1.82, 2.24) is 9.80 Å². The molecule has 7 nitrogen and oxygen atoms in total. The molecule has 0 aromatic heterocycles. The Kier molecular flexibility index (Phi) is 4.92. The Balaban J connectivity index is 1.71. The maximum atomic E-state index is 12.6. The van der Waals surface area contributed by atoms with Gasteiger partial charge in [-0.1, -0.05) is 17.7 Å². The van der Waals surface area contributed by atoms with Crippen LogP contribution in [0.4, 0.5) is 0 Å². The van der Waals surface area contributed by atoms with E-state index in [0.29, 0.717) is 23.9 Å². The van der Waals surface area contributed by atoms with Gasteiger partial charge in [0.05, 0.1) is 23.6 Å². The summed E-state index contributed by atoms with van der Waals surface area (Å²) in [6.07, 6.45) is 0. The minimum Gasteiger partial charge on any atom is -0.484 e. The van der Waals surface area contributed by atoms with Crippen LogP contribution in [-0.2, 0) is 19.4 Å². The van der Waals surface area contributed by atoms with E-state index >= 15 is 0 Å². The largest absolute Gasteiger partial charge is 0.484 e. The number of piperazine rings is 1. The summed E-state index contributed by atoms with van der Waals surface area (Å²) >= 11 is 5.88. The third-order valence-electron chi connectivity index (χ3n) is 4.56. The van der Waals surface area contributed by atoms with Crippen LogP contribution in [0.15, 0.2) is 24.3 Å². The Morgan fingerprint density at radius 3 is 2.48 bits per heavy atom. The number of benzene rings is 1. The van der Waals surface area contributed by atoms with Crippen molar-refractivity contribution in [2.75, 3.05) is 31.2 Å². The van der Waals surface area contributed by atoms with Crippen LogP contribution in [0.5, 0.6) is 5.75 Å². The highest BCUT2D eigenvalue weighted by atomic mass is 35.5. The zero-order valence-corrected chi connectivity index (χ0v) is 15.3. The molecule has 0 radical (unpaired) electrons. The summed E-state index contributed by atoms with van der Waals surface area (Å²) < 4.78 is 29.5. The van der Waals surface area contributed by atoms with E-state index in [1.807, 2.05) is 0 Å². The fourth-order valence-electron chi connectivity index (χ4n) is 3.44. The molecule has 1 aromatic carbocycles. The Morgan fingerprint density at radius 1 is 1.20 bits per heavy atom. The summed E-state index contributed by atoms with van der Waals surface area (Å²) in [5, 5.41) is 0.502. The molecule has 9 heteroatoms. The molecule has 2 heterocycles. The summed E-state index contributed by atoms with van der Waals surface area (Å²) in [7, 11) is -3.28. The Morgan fingerprint density at radius 2 is 1.84 bits per heavy atom. The van der Waals surface area contributed by atoms with E-state index in [4.69, 9.17) is 16.3 Å².